The van der Waals surface area contributed by atoms with Crippen molar-refractivity contribution >= 4 is 175 Å². The quantitative estimate of drug-likeness (QED) is 0.102. The first-order valence-corrected chi connectivity index (χ1v) is 29.9. The van der Waals surface area contributed by atoms with E-state index in [2.05, 4.69) is 121 Å². The number of nitrogens with zero attached hydrogens (tertiary/aromatic N) is 14. The molecule has 1 aliphatic rings. The Hall–Kier alpha value is -7.43. The molecule has 410 valence electrons. The number of hydrogen-bond acceptors (Lipinski definition) is 14. The number of aromatic nitrogens is 12. The maximum absolute atomic E-state index is 6.32. The second kappa shape index (κ2) is 23.1. The molecule has 1 aliphatic carbocycles. The third-order valence-corrected chi connectivity index (χ3v) is 16.7. The first kappa shape index (κ1) is 55.1. The first-order valence-electron chi connectivity index (χ1n) is 25.5. The number of methoxy groups -OCH3 is 1. The fourth-order valence-corrected chi connectivity index (χ4v) is 11.8. The fraction of sp³-hybridized carbons (Fsp3) is 0.136. The van der Waals surface area contributed by atoms with E-state index in [0.717, 1.165) is 87.2 Å². The van der Waals surface area contributed by atoms with Gasteiger partial charge in [-0.05, 0) is 157 Å². The molecule has 6 heterocycles. The van der Waals surface area contributed by atoms with Crippen LogP contribution in [0.2, 0.25) is 15.1 Å². The molecule has 14 rings (SSSR count). The maximum atomic E-state index is 6.32. The molecule has 1 N–H and O–H groups in total. The molecule has 7 aromatic carbocycles. The molecule has 1 saturated carbocycles. The number of halogens is 5. The highest BCUT2D eigenvalue weighted by atomic mass is 79.9. The molecule has 0 amide bonds. The summed E-state index contributed by atoms with van der Waals surface area (Å²) in [5.74, 6) is 4.62. The van der Waals surface area contributed by atoms with Crippen molar-refractivity contribution in [2.45, 2.75) is 23.9 Å². The summed E-state index contributed by atoms with van der Waals surface area (Å²) in [7, 11) is 7.53. The minimum Gasteiger partial charge on any atom is -0.467 e. The van der Waals surface area contributed by atoms with E-state index < -0.39 is 0 Å². The normalized spacial score (nSPS) is 12.2. The summed E-state index contributed by atoms with van der Waals surface area (Å²) < 4.78 is 13.4. The number of H-pyrrole nitrogens is 1. The van der Waals surface area contributed by atoms with E-state index in [1.165, 1.54) is 41.3 Å². The van der Waals surface area contributed by atoms with Gasteiger partial charge in [0, 0.05) is 78.4 Å². The van der Waals surface area contributed by atoms with Gasteiger partial charge in [-0.1, -0.05) is 132 Å². The van der Waals surface area contributed by atoms with Crippen LogP contribution in [0.5, 0.6) is 6.01 Å². The van der Waals surface area contributed by atoms with E-state index in [4.69, 9.17) is 61.7 Å². The number of thioether (sulfide) groups is 1. The number of benzene rings is 7. The smallest absolute Gasteiger partial charge is 0.323 e. The average Bonchev–Trinajstić information content (AvgIpc) is 2.55. The highest BCUT2D eigenvalue weighted by Gasteiger charge is 2.24. The molecular weight excluding hydrogens is 1270 g/mol. The van der Waals surface area contributed by atoms with Crippen molar-refractivity contribution < 1.29 is 4.74 Å². The van der Waals surface area contributed by atoms with Gasteiger partial charge in [-0.15, -0.1) is 20.4 Å². The van der Waals surface area contributed by atoms with E-state index >= 15 is 0 Å². The zero-order valence-corrected chi connectivity index (χ0v) is 51.4. The standard InChI is InChI=1S/C26H22ClN5O.C17H13BrClN5S.C16H11BrClN5S/c1-31(21-5-3-4-19(14-21)18-10-8-17(9-11-18)16-6-7-16)24-22-13-12-20(27)15-23(22)32-25(28-24)29-30-26(32)33-2;1-23(12-5-3-4-10(18)8-12)15-13-7-6-11(19)9-14(13)24-16(20-15)21-22-17(24)25-2;1-22(11-4-2-3-9(17)7-11)14-12-6-5-10(18)8-13(12)23-15(19-14)20-21-16(23)24/h3-5,8-16H,6-7H2,1-2H3;3-9H,1-2H3;2-8H,1H3,(H,21,24). The SMILES string of the molecule is CN(c1cccc(Br)c1)c1nc2n[nH]c(=S)n2c2cc(Cl)ccc12.COc1nnc2nc(N(C)c3cccc(-c4ccc(C5CC5)cc4)c3)c3ccc(Cl)cc3n12.CSc1nnc2nc(N(C)c3cccc(Br)c3)c3ccc(Cl)cc3n12. The molecule has 13 aromatic rings. The van der Waals surface area contributed by atoms with Crippen LogP contribution >= 0.6 is 90.6 Å². The monoisotopic (exact) mass is 1310 g/mol. The van der Waals surface area contributed by atoms with Crippen molar-refractivity contribution in [2.75, 3.05) is 49.2 Å². The van der Waals surface area contributed by atoms with Crippen LogP contribution in [0.3, 0.4) is 0 Å². The van der Waals surface area contributed by atoms with Gasteiger partial charge in [-0.3, -0.25) is 8.80 Å². The lowest BCUT2D eigenvalue weighted by Gasteiger charge is -2.21. The number of hydrogen-bond donors (Lipinski definition) is 1. The summed E-state index contributed by atoms with van der Waals surface area (Å²) in [6.07, 6.45) is 4.59. The third kappa shape index (κ3) is 10.8. The molecule has 0 aliphatic heterocycles. The molecule has 23 heteroatoms. The van der Waals surface area contributed by atoms with Gasteiger partial charge >= 0.3 is 6.01 Å². The Bertz CT molecular complexity index is 4650. The summed E-state index contributed by atoms with van der Waals surface area (Å²) in [4.78, 5) is 20.4. The third-order valence-electron chi connectivity index (χ3n) is 14.1. The zero-order chi connectivity index (χ0) is 56.9. The Kier molecular flexibility index (Phi) is 15.5. The molecule has 6 aromatic heterocycles. The van der Waals surface area contributed by atoms with Crippen LogP contribution in [-0.4, -0.2) is 93.3 Å². The number of anilines is 6. The predicted octanol–water partition coefficient (Wildman–Crippen LogP) is 16.6. The van der Waals surface area contributed by atoms with Gasteiger partial charge in [-0.2, -0.15) is 15.0 Å². The highest BCUT2D eigenvalue weighted by molar-refractivity contribution is 9.10. The number of aromatic amines is 1. The Balaban J connectivity index is 0.000000124. The van der Waals surface area contributed by atoms with E-state index in [-0.39, 0.29) is 0 Å². The number of rotatable bonds is 10. The van der Waals surface area contributed by atoms with E-state index in [1.54, 1.807) is 15.9 Å². The summed E-state index contributed by atoms with van der Waals surface area (Å²) >= 11 is 32.6. The zero-order valence-electron chi connectivity index (χ0n) is 44.3. The molecule has 0 atom stereocenters. The summed E-state index contributed by atoms with van der Waals surface area (Å²) in [5, 5.41) is 29.3. The molecule has 0 bridgehead atoms. The lowest BCUT2D eigenvalue weighted by molar-refractivity contribution is 0.377. The van der Waals surface area contributed by atoms with E-state index in [1.807, 2.05) is 145 Å². The second-order valence-electron chi connectivity index (χ2n) is 19.2. The van der Waals surface area contributed by atoms with Crippen LogP contribution in [-0.2, 0) is 0 Å². The lowest BCUT2D eigenvalue weighted by Crippen LogP contribution is -2.13. The summed E-state index contributed by atoms with van der Waals surface area (Å²) in [6, 6.07) is 51.1. The number of nitrogens with one attached hydrogen (secondary N) is 1. The molecule has 0 saturated heterocycles. The Morgan fingerprint density at radius 2 is 1.02 bits per heavy atom. The minimum atomic E-state index is 0.371. The van der Waals surface area contributed by atoms with Crippen molar-refractivity contribution in [3.63, 3.8) is 0 Å². The van der Waals surface area contributed by atoms with E-state index in [0.29, 0.717) is 43.2 Å². The van der Waals surface area contributed by atoms with Crippen LogP contribution in [0.4, 0.5) is 34.5 Å². The predicted molar refractivity (Wildman–Crippen MR) is 342 cm³/mol. The van der Waals surface area contributed by atoms with Crippen molar-refractivity contribution in [1.82, 2.24) is 58.7 Å². The minimum absolute atomic E-state index is 0.371. The van der Waals surface area contributed by atoms with Crippen LogP contribution in [0.15, 0.2) is 166 Å². The molecule has 16 nitrogen and oxygen atoms in total. The maximum Gasteiger partial charge on any atom is 0.323 e. The molecule has 0 spiro atoms. The van der Waals surface area contributed by atoms with Crippen molar-refractivity contribution in [3.05, 3.63) is 186 Å². The number of fused-ring (bicyclic) bond motifs is 9. The Labute approximate surface area is 511 Å². The van der Waals surface area contributed by atoms with Gasteiger partial charge in [0.2, 0.25) is 4.77 Å². The summed E-state index contributed by atoms with van der Waals surface area (Å²) in [5.41, 5.74) is 9.50. The van der Waals surface area contributed by atoms with Crippen LogP contribution < -0.4 is 19.4 Å². The summed E-state index contributed by atoms with van der Waals surface area (Å²) in [6.45, 7) is 0. The van der Waals surface area contributed by atoms with E-state index in [9.17, 15) is 0 Å². The van der Waals surface area contributed by atoms with Gasteiger partial charge < -0.3 is 19.4 Å². The first-order chi connectivity index (χ1) is 39.7. The van der Waals surface area contributed by atoms with Gasteiger partial charge in [-0.25, -0.2) is 9.50 Å². The van der Waals surface area contributed by atoms with Crippen molar-refractivity contribution in [3.8, 4) is 17.1 Å². The van der Waals surface area contributed by atoms with Crippen molar-refractivity contribution in [1.29, 1.82) is 0 Å². The highest BCUT2D eigenvalue weighted by Crippen LogP contribution is 2.42. The molecule has 0 radical (unpaired) electrons. The second-order valence-corrected chi connectivity index (χ2v) is 23.5. The fourth-order valence-electron chi connectivity index (χ4n) is 9.80. The Morgan fingerprint density at radius 1 is 0.549 bits per heavy atom. The molecule has 1 fully saturated rings. The molecule has 82 heavy (non-hydrogen) atoms. The average molecular weight is 1310 g/mol. The topological polar surface area (TPSA) is 151 Å². The van der Waals surface area contributed by atoms with Gasteiger partial charge in [0.05, 0.1) is 23.7 Å². The van der Waals surface area contributed by atoms with Crippen LogP contribution in [0.1, 0.15) is 24.3 Å². The van der Waals surface area contributed by atoms with Gasteiger partial charge in [0.25, 0.3) is 17.3 Å². The molecule has 0 unspecified atom stereocenters. The van der Waals surface area contributed by atoms with Crippen molar-refractivity contribution in [2.24, 2.45) is 0 Å². The van der Waals surface area contributed by atoms with Crippen LogP contribution in [0, 0.1) is 4.77 Å². The molecular formula is C59H46Br2Cl3N15OS2. The Morgan fingerprint density at radius 3 is 1.54 bits per heavy atom. The largest absolute Gasteiger partial charge is 0.467 e. The number of ether oxygens (including phenoxy) is 1. The van der Waals surface area contributed by atoms with Gasteiger partial charge in [0.1, 0.15) is 17.5 Å². The van der Waals surface area contributed by atoms with Crippen LogP contribution in [0.25, 0.3) is 61.2 Å². The lowest BCUT2D eigenvalue weighted by atomic mass is 10.0. The van der Waals surface area contributed by atoms with Gasteiger partial charge in [0.15, 0.2) is 5.16 Å².